The number of ether oxygens (including phenoxy) is 2. The van der Waals surface area contributed by atoms with Crippen molar-refractivity contribution in [2.24, 2.45) is 0 Å². The molecule has 200 valence electrons. The molecule has 0 aromatic rings. The van der Waals surface area contributed by atoms with Crippen LogP contribution in [0.2, 0.25) is 55.4 Å². The van der Waals surface area contributed by atoms with E-state index in [4.69, 9.17) is 22.8 Å². The zero-order chi connectivity index (χ0) is 26.8. The molecule has 6 nitrogen and oxygen atoms in total. The van der Waals surface area contributed by atoms with E-state index < -0.39 is 37.2 Å². The van der Waals surface area contributed by atoms with E-state index in [1.54, 1.807) is 0 Å². The third kappa shape index (κ3) is 8.67. The molecule has 34 heavy (non-hydrogen) atoms. The van der Waals surface area contributed by atoms with Gasteiger partial charge in [0.2, 0.25) is 0 Å². The lowest BCUT2D eigenvalue weighted by atomic mass is 10.0. The first-order chi connectivity index (χ1) is 15.1. The van der Waals surface area contributed by atoms with Crippen molar-refractivity contribution >= 4 is 30.9 Å². The van der Waals surface area contributed by atoms with E-state index >= 15 is 0 Å². The summed E-state index contributed by atoms with van der Waals surface area (Å²) in [7, 11) is -6.32. The molecule has 0 spiro atoms. The Morgan fingerprint density at radius 1 is 0.941 bits per heavy atom. The van der Waals surface area contributed by atoms with Gasteiger partial charge in [0.15, 0.2) is 31.1 Å². The van der Waals surface area contributed by atoms with Crippen LogP contribution in [0.3, 0.4) is 0 Å². The van der Waals surface area contributed by atoms with E-state index in [1.165, 1.54) is 6.92 Å². The molecule has 1 heterocycles. The second-order valence-electron chi connectivity index (χ2n) is 13.3. The van der Waals surface area contributed by atoms with Crippen molar-refractivity contribution in [1.29, 1.82) is 0 Å². The maximum absolute atomic E-state index is 12.0. The standard InChI is InChI=1S/C25H52O6Si3/c1-15-16-32(9,10)28-18-20-22(30-33(11,12)24(3,4)5)23(21(17-27-20)29-19(2)26)31-34(13,14)25(6,7)8/h15,20-23H,1,16-18H2,2-14H3/t20-,21+,22-,23-/m1/s1. The van der Waals surface area contributed by atoms with Crippen LogP contribution in [-0.2, 0) is 27.5 Å². The summed E-state index contributed by atoms with van der Waals surface area (Å²) < 4.78 is 32.4. The largest absolute Gasteiger partial charge is 0.457 e. The highest BCUT2D eigenvalue weighted by Gasteiger charge is 2.52. The van der Waals surface area contributed by atoms with Crippen molar-refractivity contribution in [3.8, 4) is 0 Å². The van der Waals surface area contributed by atoms with E-state index in [0.717, 1.165) is 6.04 Å². The molecule has 0 bridgehead atoms. The highest BCUT2D eigenvalue weighted by molar-refractivity contribution is 6.74. The zero-order valence-corrected chi connectivity index (χ0v) is 27.2. The predicted octanol–water partition coefficient (Wildman–Crippen LogP) is 6.51. The molecule has 4 atom stereocenters. The van der Waals surface area contributed by atoms with Gasteiger partial charge in [-0.05, 0) is 55.4 Å². The second-order valence-corrected chi connectivity index (χ2v) is 27.0. The third-order valence-corrected chi connectivity index (χ3v) is 18.8. The van der Waals surface area contributed by atoms with Gasteiger partial charge in [-0.2, -0.15) is 0 Å². The SMILES string of the molecule is C=CC[Si](C)(C)OC[C@H]1OC[C@H](OC(C)=O)[C@@H](O[Si](C)(C)C(C)(C)C)[C@@H]1O[Si](C)(C)C(C)(C)C. The first-order valence-electron chi connectivity index (χ1n) is 12.5. The molecule has 1 aliphatic heterocycles. The molecule has 1 rings (SSSR count). The van der Waals surface area contributed by atoms with Crippen molar-refractivity contribution in [2.45, 2.75) is 128 Å². The quantitative estimate of drug-likeness (QED) is 0.182. The Morgan fingerprint density at radius 2 is 1.41 bits per heavy atom. The summed E-state index contributed by atoms with van der Waals surface area (Å²) in [5, 5.41) is 0.00360. The Kier molecular flexibility index (Phi) is 10.6. The van der Waals surface area contributed by atoms with E-state index in [9.17, 15) is 4.79 Å². The number of hydrogen-bond acceptors (Lipinski definition) is 6. The summed E-state index contributed by atoms with van der Waals surface area (Å²) >= 11 is 0. The summed E-state index contributed by atoms with van der Waals surface area (Å²) in [6, 6.07) is 0.869. The van der Waals surface area contributed by atoms with Crippen LogP contribution >= 0.6 is 0 Å². The van der Waals surface area contributed by atoms with Crippen molar-refractivity contribution in [3.05, 3.63) is 12.7 Å². The molecule has 0 aromatic carbocycles. The highest BCUT2D eigenvalue weighted by Crippen LogP contribution is 2.43. The lowest BCUT2D eigenvalue weighted by Crippen LogP contribution is -2.64. The van der Waals surface area contributed by atoms with Gasteiger partial charge >= 0.3 is 5.97 Å². The number of allylic oxidation sites excluding steroid dienone is 1. The molecule has 0 saturated carbocycles. The maximum atomic E-state index is 12.0. The van der Waals surface area contributed by atoms with Gasteiger partial charge in [0, 0.05) is 6.92 Å². The van der Waals surface area contributed by atoms with Crippen LogP contribution in [0.4, 0.5) is 0 Å². The van der Waals surface area contributed by atoms with Crippen LogP contribution in [0.1, 0.15) is 48.5 Å². The zero-order valence-electron chi connectivity index (χ0n) is 24.2. The van der Waals surface area contributed by atoms with Gasteiger partial charge in [-0.3, -0.25) is 4.79 Å². The fraction of sp³-hybridized carbons (Fsp3) is 0.880. The molecule has 0 aliphatic carbocycles. The van der Waals surface area contributed by atoms with Crippen LogP contribution in [0, 0.1) is 0 Å². The van der Waals surface area contributed by atoms with Gasteiger partial charge in [-0.1, -0.05) is 47.6 Å². The summed E-state index contributed by atoms with van der Waals surface area (Å²) in [6.07, 6.45) is 0.313. The smallest absolute Gasteiger partial charge is 0.303 e. The Balaban J connectivity index is 3.44. The number of carbonyl (C=O) groups is 1. The number of esters is 1. The molecule has 9 heteroatoms. The van der Waals surface area contributed by atoms with Crippen molar-refractivity contribution in [2.75, 3.05) is 13.2 Å². The molecule has 0 N–H and O–H groups in total. The van der Waals surface area contributed by atoms with Gasteiger partial charge in [0.25, 0.3) is 0 Å². The number of rotatable bonds is 10. The van der Waals surface area contributed by atoms with Gasteiger partial charge in [0.1, 0.15) is 18.3 Å². The Hall–Kier alpha value is -0.299. The minimum Gasteiger partial charge on any atom is -0.457 e. The van der Waals surface area contributed by atoms with Crippen molar-refractivity contribution < 1.29 is 27.5 Å². The highest BCUT2D eigenvalue weighted by atomic mass is 28.4. The molecule has 0 unspecified atom stereocenters. The van der Waals surface area contributed by atoms with Gasteiger partial charge in [-0.15, -0.1) is 6.58 Å². The van der Waals surface area contributed by atoms with Crippen LogP contribution in [-0.4, -0.2) is 68.6 Å². The van der Waals surface area contributed by atoms with Crippen molar-refractivity contribution in [1.82, 2.24) is 0 Å². The van der Waals surface area contributed by atoms with E-state index in [2.05, 4.69) is 87.4 Å². The topological polar surface area (TPSA) is 63.2 Å². The predicted molar refractivity (Wildman–Crippen MR) is 148 cm³/mol. The fourth-order valence-electron chi connectivity index (χ4n) is 3.32. The van der Waals surface area contributed by atoms with Crippen molar-refractivity contribution in [3.63, 3.8) is 0 Å². The van der Waals surface area contributed by atoms with Gasteiger partial charge < -0.3 is 22.8 Å². The lowest BCUT2D eigenvalue weighted by molar-refractivity contribution is -0.202. The summed E-state index contributed by atoms with van der Waals surface area (Å²) in [4.78, 5) is 12.0. The molecule has 0 radical (unpaired) electrons. The van der Waals surface area contributed by atoms with Gasteiger partial charge in [-0.25, -0.2) is 0 Å². The molecule has 1 saturated heterocycles. The Morgan fingerprint density at radius 3 is 1.82 bits per heavy atom. The maximum Gasteiger partial charge on any atom is 0.303 e. The van der Waals surface area contributed by atoms with Crippen LogP contribution in [0.25, 0.3) is 0 Å². The lowest BCUT2D eigenvalue weighted by Gasteiger charge is -2.50. The summed E-state index contributed by atoms with van der Waals surface area (Å²) in [6.45, 7) is 32.6. The second kappa shape index (κ2) is 11.4. The van der Waals surface area contributed by atoms with Crippen LogP contribution in [0.5, 0.6) is 0 Å². The van der Waals surface area contributed by atoms with Gasteiger partial charge in [0.05, 0.1) is 13.2 Å². The normalized spacial score (nSPS) is 25.2. The van der Waals surface area contributed by atoms with E-state index in [0.29, 0.717) is 6.61 Å². The Labute approximate surface area is 212 Å². The summed E-state index contributed by atoms with van der Waals surface area (Å²) in [5.41, 5.74) is 0. The first kappa shape index (κ1) is 31.7. The Bertz CT molecular complexity index is 694. The molecule has 0 amide bonds. The first-order valence-corrected chi connectivity index (χ1v) is 21.5. The van der Waals surface area contributed by atoms with E-state index in [1.807, 2.05) is 6.08 Å². The minimum absolute atomic E-state index is 0.00152. The summed E-state index contributed by atoms with van der Waals surface area (Å²) in [5.74, 6) is -0.335. The third-order valence-electron chi connectivity index (χ3n) is 7.60. The molecule has 1 fully saturated rings. The monoisotopic (exact) mass is 532 g/mol. The minimum atomic E-state index is -2.21. The van der Waals surface area contributed by atoms with Crippen LogP contribution < -0.4 is 0 Å². The van der Waals surface area contributed by atoms with E-state index in [-0.39, 0.29) is 34.9 Å². The molecule has 0 aromatic heterocycles. The average molecular weight is 533 g/mol. The molecule has 1 aliphatic rings. The average Bonchev–Trinajstić information content (AvgIpc) is 2.61. The molecular formula is C25H52O6Si3. The number of hydrogen-bond donors (Lipinski definition) is 0. The fourth-order valence-corrected chi connectivity index (χ4v) is 7.39. The number of carbonyl (C=O) groups excluding carboxylic acids is 1. The van der Waals surface area contributed by atoms with Crippen LogP contribution in [0.15, 0.2) is 12.7 Å². The molecular weight excluding hydrogens is 481 g/mol.